The monoisotopic (exact) mass is 298 g/mol. The Hall–Kier alpha value is -1.89. The van der Waals surface area contributed by atoms with Gasteiger partial charge >= 0.3 is 5.97 Å². The first-order valence-electron chi connectivity index (χ1n) is 6.02. The summed E-state index contributed by atoms with van der Waals surface area (Å²) in [5.41, 5.74) is -0.598. The molecule has 0 fully saturated rings. The quantitative estimate of drug-likeness (QED) is 0.791. The van der Waals surface area contributed by atoms with E-state index >= 15 is 0 Å². The number of carbonyl (C=O) groups excluding carboxylic acids is 2. The molecule has 1 aromatic heterocycles. The molecule has 1 atom stereocenters. The van der Waals surface area contributed by atoms with Crippen LogP contribution < -0.4 is 10.6 Å². The standard InChI is InChI=1S/C13H18N2O4S/c1-7(16)14-9-6-5-8(20-9)11(17)15-10(12(18)19)13(2,3)4/h5-6,10H,1-4H3,(H,14,16)(H,15,17)(H,18,19). The van der Waals surface area contributed by atoms with Crippen molar-refractivity contribution in [3.05, 3.63) is 17.0 Å². The van der Waals surface area contributed by atoms with Gasteiger partial charge in [0.25, 0.3) is 5.91 Å². The molecule has 1 heterocycles. The fourth-order valence-electron chi connectivity index (χ4n) is 1.55. The molecule has 0 saturated heterocycles. The smallest absolute Gasteiger partial charge is 0.326 e. The Kier molecular flexibility index (Phi) is 4.88. The van der Waals surface area contributed by atoms with Gasteiger partial charge in [0.15, 0.2) is 0 Å². The fourth-order valence-corrected chi connectivity index (χ4v) is 2.41. The highest BCUT2D eigenvalue weighted by molar-refractivity contribution is 7.18. The van der Waals surface area contributed by atoms with Crippen molar-refractivity contribution in [1.82, 2.24) is 5.32 Å². The first-order chi connectivity index (χ1) is 9.11. The number of hydrogen-bond acceptors (Lipinski definition) is 4. The Bertz CT molecular complexity index is 531. The van der Waals surface area contributed by atoms with Crippen molar-refractivity contribution in [2.24, 2.45) is 5.41 Å². The zero-order valence-corrected chi connectivity index (χ0v) is 12.6. The number of aliphatic carboxylic acids is 1. The molecule has 1 unspecified atom stereocenters. The van der Waals surface area contributed by atoms with Gasteiger partial charge in [-0.2, -0.15) is 0 Å². The molecule has 6 nitrogen and oxygen atoms in total. The van der Waals surface area contributed by atoms with Crippen LogP contribution in [0.2, 0.25) is 0 Å². The lowest BCUT2D eigenvalue weighted by atomic mass is 9.87. The van der Waals surface area contributed by atoms with Gasteiger partial charge in [0.2, 0.25) is 5.91 Å². The van der Waals surface area contributed by atoms with E-state index < -0.39 is 23.3 Å². The number of thiophene rings is 1. The number of hydrogen-bond donors (Lipinski definition) is 3. The molecule has 3 N–H and O–H groups in total. The van der Waals surface area contributed by atoms with Gasteiger partial charge in [-0.3, -0.25) is 9.59 Å². The van der Waals surface area contributed by atoms with Crippen molar-refractivity contribution in [3.8, 4) is 0 Å². The van der Waals surface area contributed by atoms with E-state index in [0.29, 0.717) is 9.88 Å². The molecule has 0 aromatic carbocycles. The average molecular weight is 298 g/mol. The Morgan fingerprint density at radius 2 is 1.85 bits per heavy atom. The van der Waals surface area contributed by atoms with Crippen LogP contribution in [0.5, 0.6) is 0 Å². The lowest BCUT2D eigenvalue weighted by molar-refractivity contribution is -0.142. The van der Waals surface area contributed by atoms with Crippen molar-refractivity contribution in [2.45, 2.75) is 33.7 Å². The molecule has 7 heteroatoms. The van der Waals surface area contributed by atoms with E-state index in [0.717, 1.165) is 11.3 Å². The van der Waals surface area contributed by atoms with Crippen LogP contribution in [0.3, 0.4) is 0 Å². The molecule has 110 valence electrons. The number of nitrogens with one attached hydrogen (secondary N) is 2. The third-order valence-electron chi connectivity index (χ3n) is 2.52. The van der Waals surface area contributed by atoms with Crippen LogP contribution in [-0.4, -0.2) is 28.9 Å². The molecule has 0 radical (unpaired) electrons. The van der Waals surface area contributed by atoms with E-state index in [1.165, 1.54) is 6.92 Å². The van der Waals surface area contributed by atoms with Gasteiger partial charge in [-0.05, 0) is 17.5 Å². The zero-order valence-electron chi connectivity index (χ0n) is 11.8. The Balaban J connectivity index is 2.82. The Morgan fingerprint density at radius 3 is 2.30 bits per heavy atom. The second-order valence-electron chi connectivity index (χ2n) is 5.46. The molecule has 0 aliphatic heterocycles. The zero-order chi connectivity index (χ0) is 15.5. The highest BCUT2D eigenvalue weighted by atomic mass is 32.1. The number of anilines is 1. The first-order valence-corrected chi connectivity index (χ1v) is 6.84. The average Bonchev–Trinajstić information content (AvgIpc) is 2.70. The van der Waals surface area contributed by atoms with Crippen LogP contribution in [0.15, 0.2) is 12.1 Å². The highest BCUT2D eigenvalue weighted by Crippen LogP contribution is 2.24. The van der Waals surface area contributed by atoms with Gasteiger partial charge in [-0.25, -0.2) is 4.79 Å². The summed E-state index contributed by atoms with van der Waals surface area (Å²) >= 11 is 1.10. The highest BCUT2D eigenvalue weighted by Gasteiger charge is 2.33. The van der Waals surface area contributed by atoms with Gasteiger partial charge in [0.1, 0.15) is 6.04 Å². The Labute approximate surface area is 121 Å². The van der Waals surface area contributed by atoms with Gasteiger partial charge in [0, 0.05) is 6.92 Å². The third kappa shape index (κ3) is 4.34. The number of amides is 2. The molecule has 20 heavy (non-hydrogen) atoms. The van der Waals surface area contributed by atoms with Gasteiger partial charge in [-0.1, -0.05) is 20.8 Å². The van der Waals surface area contributed by atoms with Crippen LogP contribution in [0.1, 0.15) is 37.4 Å². The van der Waals surface area contributed by atoms with Crippen molar-refractivity contribution in [1.29, 1.82) is 0 Å². The van der Waals surface area contributed by atoms with Gasteiger partial charge < -0.3 is 15.7 Å². The Morgan fingerprint density at radius 1 is 1.25 bits per heavy atom. The summed E-state index contributed by atoms with van der Waals surface area (Å²) in [5.74, 6) is -1.77. The molecule has 2 amide bonds. The summed E-state index contributed by atoms with van der Waals surface area (Å²) in [7, 11) is 0. The predicted molar refractivity (Wildman–Crippen MR) is 77.0 cm³/mol. The molecule has 0 saturated carbocycles. The normalized spacial score (nSPS) is 12.6. The topological polar surface area (TPSA) is 95.5 Å². The first kappa shape index (κ1) is 16.2. The number of carboxylic acids is 1. The second-order valence-corrected chi connectivity index (χ2v) is 6.54. The van der Waals surface area contributed by atoms with Crippen LogP contribution in [0.4, 0.5) is 5.00 Å². The van der Waals surface area contributed by atoms with E-state index in [4.69, 9.17) is 5.11 Å². The second kappa shape index (κ2) is 6.04. The van der Waals surface area contributed by atoms with Crippen LogP contribution in [0.25, 0.3) is 0 Å². The minimum atomic E-state index is -1.08. The minimum absolute atomic E-state index is 0.225. The fraction of sp³-hybridized carbons (Fsp3) is 0.462. The van der Waals surface area contributed by atoms with E-state index in [1.807, 2.05) is 0 Å². The summed E-state index contributed by atoms with van der Waals surface area (Å²) in [6.45, 7) is 6.59. The van der Waals surface area contributed by atoms with Crippen molar-refractivity contribution < 1.29 is 19.5 Å². The van der Waals surface area contributed by atoms with Crippen molar-refractivity contribution >= 4 is 34.1 Å². The molecule has 1 rings (SSSR count). The predicted octanol–water partition coefficient (Wildman–Crippen LogP) is 1.94. The summed E-state index contributed by atoms with van der Waals surface area (Å²) < 4.78 is 0. The third-order valence-corrected chi connectivity index (χ3v) is 3.52. The van der Waals surface area contributed by atoms with E-state index in [2.05, 4.69) is 10.6 Å². The van der Waals surface area contributed by atoms with Crippen LogP contribution in [0, 0.1) is 5.41 Å². The lowest BCUT2D eigenvalue weighted by Gasteiger charge is -2.27. The lowest BCUT2D eigenvalue weighted by Crippen LogP contribution is -2.48. The molecule has 0 aliphatic carbocycles. The molecule has 1 aromatic rings. The maximum atomic E-state index is 12.0. The SMILES string of the molecule is CC(=O)Nc1ccc(C(=O)NC(C(=O)O)C(C)(C)C)s1. The van der Waals surface area contributed by atoms with Crippen molar-refractivity contribution in [2.75, 3.05) is 5.32 Å². The summed E-state index contributed by atoms with van der Waals surface area (Å²) in [4.78, 5) is 34.5. The van der Waals surface area contributed by atoms with E-state index in [-0.39, 0.29) is 5.91 Å². The molecule has 0 aliphatic rings. The van der Waals surface area contributed by atoms with Gasteiger partial charge in [0.05, 0.1) is 9.88 Å². The van der Waals surface area contributed by atoms with Crippen LogP contribution >= 0.6 is 11.3 Å². The van der Waals surface area contributed by atoms with Crippen molar-refractivity contribution in [3.63, 3.8) is 0 Å². The van der Waals surface area contributed by atoms with E-state index in [1.54, 1.807) is 32.9 Å². The molecular formula is C13H18N2O4S. The number of rotatable bonds is 4. The number of carbonyl (C=O) groups is 3. The van der Waals surface area contributed by atoms with Crippen LogP contribution in [-0.2, 0) is 9.59 Å². The molecule has 0 bridgehead atoms. The summed E-state index contributed by atoms with van der Waals surface area (Å²) in [6.07, 6.45) is 0. The molecule has 0 spiro atoms. The maximum Gasteiger partial charge on any atom is 0.326 e. The molecular weight excluding hydrogens is 280 g/mol. The largest absolute Gasteiger partial charge is 0.480 e. The summed E-state index contributed by atoms with van der Waals surface area (Å²) in [6, 6.07) is 2.17. The maximum absolute atomic E-state index is 12.0. The number of carboxylic acid groups (broad SMARTS) is 1. The van der Waals surface area contributed by atoms with E-state index in [9.17, 15) is 14.4 Å². The van der Waals surface area contributed by atoms with Gasteiger partial charge in [-0.15, -0.1) is 11.3 Å². The minimum Gasteiger partial charge on any atom is -0.480 e. The summed E-state index contributed by atoms with van der Waals surface area (Å²) in [5, 5.41) is 14.8.